The van der Waals surface area contributed by atoms with Crippen molar-refractivity contribution >= 4 is 11.6 Å². The van der Waals surface area contributed by atoms with Crippen molar-refractivity contribution in [2.24, 2.45) is 0 Å². The normalized spacial score (nSPS) is 12.5. The van der Waals surface area contributed by atoms with E-state index in [1.54, 1.807) is 6.07 Å². The van der Waals surface area contributed by atoms with Crippen LogP contribution in [0.15, 0.2) is 36.4 Å². The van der Waals surface area contributed by atoms with Crippen molar-refractivity contribution < 1.29 is 4.39 Å². The van der Waals surface area contributed by atoms with Crippen LogP contribution in [0.2, 0.25) is 5.02 Å². The minimum atomic E-state index is -0.274. The Morgan fingerprint density at radius 3 is 2.26 bits per heavy atom. The van der Waals surface area contributed by atoms with Crippen LogP contribution >= 0.6 is 11.6 Å². The standard InChI is InChI=1S/C16H17ClFN/c1-10-6-11(2)8-12(7-10)16(19-3)14-9-13(18)4-5-15(14)17/h4-9,16,19H,1-3H3. The van der Waals surface area contributed by atoms with Crippen LogP contribution in [0.5, 0.6) is 0 Å². The Balaban J connectivity index is 2.52. The van der Waals surface area contributed by atoms with Crippen LogP contribution in [-0.4, -0.2) is 7.05 Å². The topological polar surface area (TPSA) is 12.0 Å². The number of rotatable bonds is 3. The van der Waals surface area contributed by atoms with E-state index in [2.05, 4.69) is 37.4 Å². The fourth-order valence-electron chi connectivity index (χ4n) is 2.41. The van der Waals surface area contributed by atoms with Gasteiger partial charge in [0, 0.05) is 5.02 Å². The summed E-state index contributed by atoms with van der Waals surface area (Å²) in [7, 11) is 1.85. The summed E-state index contributed by atoms with van der Waals surface area (Å²) in [4.78, 5) is 0. The summed E-state index contributed by atoms with van der Waals surface area (Å²) >= 11 is 6.19. The van der Waals surface area contributed by atoms with E-state index in [0.717, 1.165) is 11.1 Å². The average Bonchev–Trinajstić information content (AvgIpc) is 2.33. The van der Waals surface area contributed by atoms with Gasteiger partial charge in [-0.2, -0.15) is 0 Å². The van der Waals surface area contributed by atoms with Gasteiger partial charge in [0.1, 0.15) is 5.82 Å². The zero-order valence-corrected chi connectivity index (χ0v) is 12.1. The molecule has 0 radical (unpaired) electrons. The summed E-state index contributed by atoms with van der Waals surface area (Å²) in [5, 5.41) is 3.78. The second-order valence-electron chi connectivity index (χ2n) is 4.81. The largest absolute Gasteiger partial charge is 0.309 e. The second-order valence-corrected chi connectivity index (χ2v) is 5.22. The summed E-state index contributed by atoms with van der Waals surface area (Å²) in [6, 6.07) is 10.6. The van der Waals surface area contributed by atoms with E-state index >= 15 is 0 Å². The van der Waals surface area contributed by atoms with Gasteiger partial charge < -0.3 is 5.32 Å². The third kappa shape index (κ3) is 3.14. The molecule has 0 amide bonds. The highest BCUT2D eigenvalue weighted by molar-refractivity contribution is 6.31. The van der Waals surface area contributed by atoms with Gasteiger partial charge in [-0.1, -0.05) is 40.9 Å². The number of hydrogen-bond acceptors (Lipinski definition) is 1. The lowest BCUT2D eigenvalue weighted by Gasteiger charge is -2.20. The van der Waals surface area contributed by atoms with E-state index in [-0.39, 0.29) is 11.9 Å². The molecule has 0 aromatic heterocycles. The van der Waals surface area contributed by atoms with Gasteiger partial charge in [-0.3, -0.25) is 0 Å². The highest BCUT2D eigenvalue weighted by atomic mass is 35.5. The third-order valence-electron chi connectivity index (χ3n) is 3.14. The van der Waals surface area contributed by atoms with Gasteiger partial charge in [-0.25, -0.2) is 4.39 Å². The zero-order valence-electron chi connectivity index (χ0n) is 11.3. The molecule has 2 rings (SSSR count). The summed E-state index contributed by atoms with van der Waals surface area (Å²) in [6.07, 6.45) is 0. The van der Waals surface area contributed by atoms with Gasteiger partial charge in [0.05, 0.1) is 6.04 Å². The molecule has 0 heterocycles. The molecule has 0 bridgehead atoms. The van der Waals surface area contributed by atoms with Gasteiger partial charge in [0.2, 0.25) is 0 Å². The zero-order chi connectivity index (χ0) is 14.0. The molecule has 0 fully saturated rings. The number of aryl methyl sites for hydroxylation is 2. The van der Waals surface area contributed by atoms with Crippen molar-refractivity contribution in [2.75, 3.05) is 7.05 Å². The molecule has 1 N–H and O–H groups in total. The average molecular weight is 278 g/mol. The molecule has 100 valence electrons. The summed E-state index contributed by atoms with van der Waals surface area (Å²) in [6.45, 7) is 4.10. The Hall–Kier alpha value is -1.38. The van der Waals surface area contributed by atoms with Crippen molar-refractivity contribution in [2.45, 2.75) is 19.9 Å². The lowest BCUT2D eigenvalue weighted by Crippen LogP contribution is -2.18. The maximum absolute atomic E-state index is 13.4. The monoisotopic (exact) mass is 277 g/mol. The second kappa shape index (κ2) is 5.72. The molecule has 2 aromatic rings. The summed E-state index contributed by atoms with van der Waals surface area (Å²) in [5.41, 5.74) is 4.22. The Kier molecular flexibility index (Phi) is 4.23. The maximum Gasteiger partial charge on any atom is 0.123 e. The van der Waals surface area contributed by atoms with Crippen LogP contribution in [0.3, 0.4) is 0 Å². The molecule has 2 aromatic carbocycles. The van der Waals surface area contributed by atoms with Crippen molar-refractivity contribution in [3.05, 3.63) is 69.5 Å². The fraction of sp³-hybridized carbons (Fsp3) is 0.250. The molecule has 0 aliphatic heterocycles. The Morgan fingerprint density at radius 2 is 1.68 bits per heavy atom. The van der Waals surface area contributed by atoms with Gasteiger partial charge in [-0.15, -0.1) is 0 Å². The number of benzene rings is 2. The van der Waals surface area contributed by atoms with Crippen LogP contribution in [0, 0.1) is 19.7 Å². The quantitative estimate of drug-likeness (QED) is 0.876. The first kappa shape index (κ1) is 14.0. The minimum Gasteiger partial charge on any atom is -0.309 e. The highest BCUT2D eigenvalue weighted by Gasteiger charge is 2.16. The molecule has 1 unspecified atom stereocenters. The SMILES string of the molecule is CNC(c1cc(C)cc(C)c1)c1cc(F)ccc1Cl. The van der Waals surface area contributed by atoms with Crippen LogP contribution in [0.4, 0.5) is 4.39 Å². The summed E-state index contributed by atoms with van der Waals surface area (Å²) < 4.78 is 13.4. The van der Waals surface area contributed by atoms with E-state index in [1.165, 1.54) is 23.3 Å². The van der Waals surface area contributed by atoms with Crippen LogP contribution < -0.4 is 5.32 Å². The number of halogens is 2. The first-order chi connectivity index (χ1) is 9.01. The molecule has 0 saturated carbocycles. The Labute approximate surface area is 118 Å². The minimum absolute atomic E-state index is 0.109. The van der Waals surface area contributed by atoms with Gasteiger partial charge in [0.15, 0.2) is 0 Å². The van der Waals surface area contributed by atoms with E-state index in [0.29, 0.717) is 5.02 Å². The first-order valence-electron chi connectivity index (χ1n) is 6.21. The summed E-state index contributed by atoms with van der Waals surface area (Å²) in [5.74, 6) is -0.274. The van der Waals surface area contributed by atoms with Crippen molar-refractivity contribution in [1.82, 2.24) is 5.32 Å². The van der Waals surface area contributed by atoms with Gasteiger partial charge in [0.25, 0.3) is 0 Å². The van der Waals surface area contributed by atoms with Gasteiger partial charge in [-0.05, 0) is 50.2 Å². The van der Waals surface area contributed by atoms with E-state index in [9.17, 15) is 4.39 Å². The first-order valence-corrected chi connectivity index (χ1v) is 6.59. The highest BCUT2D eigenvalue weighted by Crippen LogP contribution is 2.29. The maximum atomic E-state index is 13.4. The molecule has 19 heavy (non-hydrogen) atoms. The molecule has 0 saturated heterocycles. The smallest absolute Gasteiger partial charge is 0.123 e. The van der Waals surface area contributed by atoms with Gasteiger partial charge >= 0.3 is 0 Å². The molecule has 0 aliphatic carbocycles. The van der Waals surface area contributed by atoms with Crippen molar-refractivity contribution in [3.8, 4) is 0 Å². The van der Waals surface area contributed by atoms with Crippen LogP contribution in [0.1, 0.15) is 28.3 Å². The molecular weight excluding hydrogens is 261 g/mol. The molecule has 0 aliphatic rings. The Morgan fingerprint density at radius 1 is 1.05 bits per heavy atom. The van der Waals surface area contributed by atoms with E-state index in [4.69, 9.17) is 11.6 Å². The van der Waals surface area contributed by atoms with Crippen molar-refractivity contribution in [1.29, 1.82) is 0 Å². The molecule has 1 nitrogen and oxygen atoms in total. The van der Waals surface area contributed by atoms with Crippen LogP contribution in [-0.2, 0) is 0 Å². The third-order valence-corrected chi connectivity index (χ3v) is 3.48. The molecular formula is C16H17ClFN. The fourth-order valence-corrected chi connectivity index (χ4v) is 2.64. The molecule has 0 spiro atoms. The predicted octanol–water partition coefficient (Wildman–Crippen LogP) is 4.40. The molecule has 1 atom stereocenters. The predicted molar refractivity (Wildman–Crippen MR) is 78.2 cm³/mol. The van der Waals surface area contributed by atoms with Crippen molar-refractivity contribution in [3.63, 3.8) is 0 Å². The molecule has 3 heteroatoms. The number of hydrogen-bond donors (Lipinski definition) is 1. The van der Waals surface area contributed by atoms with Crippen LogP contribution in [0.25, 0.3) is 0 Å². The lowest BCUT2D eigenvalue weighted by molar-refractivity contribution is 0.616. The van der Waals surface area contributed by atoms with E-state index in [1.807, 2.05) is 7.05 Å². The number of nitrogens with one attached hydrogen (secondary N) is 1. The lowest BCUT2D eigenvalue weighted by atomic mass is 9.95. The van der Waals surface area contributed by atoms with E-state index < -0.39 is 0 Å². The Bertz CT molecular complexity index is 575.